The fourth-order valence-corrected chi connectivity index (χ4v) is 3.44. The summed E-state index contributed by atoms with van der Waals surface area (Å²) in [6.45, 7) is 2.15. The highest BCUT2D eigenvalue weighted by Crippen LogP contribution is 2.27. The Labute approximate surface area is 154 Å². The number of nitrogens with zero attached hydrogens (tertiary/aromatic N) is 2. The fraction of sp³-hybridized carbons (Fsp3) is 0.381. The van der Waals surface area contributed by atoms with E-state index in [4.69, 9.17) is 0 Å². The molecule has 0 saturated heterocycles. The summed E-state index contributed by atoms with van der Waals surface area (Å²) in [6, 6.07) is 9.28. The van der Waals surface area contributed by atoms with Crippen LogP contribution < -0.4 is 5.32 Å². The van der Waals surface area contributed by atoms with Crippen molar-refractivity contribution in [3.05, 3.63) is 59.4 Å². The molecule has 0 bridgehead atoms. The molecule has 0 aliphatic heterocycles. The zero-order valence-corrected chi connectivity index (χ0v) is 15.4. The minimum atomic E-state index is -0.153. The molecule has 136 valence electrons. The molecule has 0 spiro atoms. The molecule has 1 atom stereocenters. The average Bonchev–Trinajstić information content (AvgIpc) is 3.03. The van der Waals surface area contributed by atoms with Crippen LogP contribution in [0.4, 0.5) is 10.5 Å². The number of aryl methyl sites for hydroxylation is 1. The zero-order chi connectivity index (χ0) is 18.5. The third-order valence-electron chi connectivity index (χ3n) is 4.97. The van der Waals surface area contributed by atoms with Crippen LogP contribution in [0.5, 0.6) is 0 Å². The summed E-state index contributed by atoms with van der Waals surface area (Å²) in [4.78, 5) is 30.5. The van der Waals surface area contributed by atoms with Gasteiger partial charge in [-0.3, -0.25) is 9.78 Å². The number of unbranched alkanes of at least 4 members (excludes halogenated alkanes) is 1. The van der Waals surface area contributed by atoms with Gasteiger partial charge in [-0.05, 0) is 48.2 Å². The lowest BCUT2D eigenvalue weighted by atomic mass is 10.0. The van der Waals surface area contributed by atoms with Gasteiger partial charge in [-0.1, -0.05) is 25.8 Å². The SMILES string of the molecule is CCCC[C@H](c1cccnc1)N(C)C(=O)Nc1ccc2c(c1)CCC2=O. The monoisotopic (exact) mass is 351 g/mol. The number of carbonyl (C=O) groups is 2. The third kappa shape index (κ3) is 3.93. The molecule has 26 heavy (non-hydrogen) atoms. The Morgan fingerprint density at radius 2 is 2.15 bits per heavy atom. The van der Waals surface area contributed by atoms with Gasteiger partial charge in [-0.15, -0.1) is 0 Å². The number of urea groups is 1. The lowest BCUT2D eigenvalue weighted by Gasteiger charge is -2.28. The van der Waals surface area contributed by atoms with Crippen molar-refractivity contribution in [2.24, 2.45) is 0 Å². The maximum Gasteiger partial charge on any atom is 0.322 e. The molecule has 0 saturated carbocycles. The number of aromatic nitrogens is 1. The van der Waals surface area contributed by atoms with Gasteiger partial charge in [0.15, 0.2) is 5.78 Å². The number of anilines is 1. The summed E-state index contributed by atoms with van der Waals surface area (Å²) >= 11 is 0. The van der Waals surface area contributed by atoms with Gasteiger partial charge in [0, 0.05) is 37.1 Å². The van der Waals surface area contributed by atoms with Gasteiger partial charge in [-0.25, -0.2) is 4.79 Å². The summed E-state index contributed by atoms with van der Waals surface area (Å²) in [5.74, 6) is 0.186. The average molecular weight is 351 g/mol. The van der Waals surface area contributed by atoms with E-state index in [1.807, 2.05) is 37.5 Å². The first-order valence-electron chi connectivity index (χ1n) is 9.20. The summed E-state index contributed by atoms with van der Waals surface area (Å²) in [5, 5.41) is 2.97. The van der Waals surface area contributed by atoms with Crippen molar-refractivity contribution in [3.8, 4) is 0 Å². The van der Waals surface area contributed by atoms with E-state index >= 15 is 0 Å². The highest BCUT2D eigenvalue weighted by atomic mass is 16.2. The third-order valence-corrected chi connectivity index (χ3v) is 4.97. The van der Waals surface area contributed by atoms with Crippen LogP contribution in [0.25, 0.3) is 0 Å². The van der Waals surface area contributed by atoms with Gasteiger partial charge < -0.3 is 10.2 Å². The molecule has 5 heteroatoms. The first kappa shape index (κ1) is 18.1. The Morgan fingerprint density at radius 1 is 1.31 bits per heavy atom. The van der Waals surface area contributed by atoms with Gasteiger partial charge in [0.05, 0.1) is 6.04 Å². The Hall–Kier alpha value is -2.69. The lowest BCUT2D eigenvalue weighted by Crippen LogP contribution is -2.35. The fourth-order valence-electron chi connectivity index (χ4n) is 3.44. The molecule has 1 aromatic heterocycles. The van der Waals surface area contributed by atoms with Crippen molar-refractivity contribution in [1.82, 2.24) is 9.88 Å². The highest BCUT2D eigenvalue weighted by molar-refractivity contribution is 6.01. The van der Waals surface area contributed by atoms with E-state index < -0.39 is 0 Å². The molecule has 2 aromatic rings. The Morgan fingerprint density at radius 3 is 2.88 bits per heavy atom. The van der Waals surface area contributed by atoms with E-state index in [1.165, 1.54) is 0 Å². The van der Waals surface area contributed by atoms with Gasteiger partial charge in [0.2, 0.25) is 0 Å². The normalized spacial score (nSPS) is 14.0. The number of rotatable bonds is 6. The molecule has 1 aliphatic carbocycles. The van der Waals surface area contributed by atoms with Gasteiger partial charge in [0.25, 0.3) is 0 Å². The lowest BCUT2D eigenvalue weighted by molar-refractivity contribution is 0.0994. The Balaban J connectivity index is 1.74. The minimum Gasteiger partial charge on any atom is -0.320 e. The second kappa shape index (κ2) is 8.13. The summed E-state index contributed by atoms with van der Waals surface area (Å²) in [5.41, 5.74) is 3.58. The maximum atomic E-state index is 12.8. The van der Waals surface area contributed by atoms with Crippen molar-refractivity contribution in [3.63, 3.8) is 0 Å². The van der Waals surface area contributed by atoms with Gasteiger partial charge >= 0.3 is 6.03 Å². The number of hydrogen-bond acceptors (Lipinski definition) is 3. The molecule has 5 nitrogen and oxygen atoms in total. The Kier molecular flexibility index (Phi) is 5.66. The molecular weight excluding hydrogens is 326 g/mol. The van der Waals surface area contributed by atoms with E-state index in [0.29, 0.717) is 6.42 Å². The number of fused-ring (bicyclic) bond motifs is 1. The van der Waals surface area contributed by atoms with Gasteiger partial charge in [-0.2, -0.15) is 0 Å². The smallest absolute Gasteiger partial charge is 0.320 e. The molecule has 1 N–H and O–H groups in total. The minimum absolute atomic E-state index is 0.0142. The largest absolute Gasteiger partial charge is 0.322 e. The van der Waals surface area contributed by atoms with E-state index in [0.717, 1.165) is 48.1 Å². The van der Waals surface area contributed by atoms with E-state index in [9.17, 15) is 9.59 Å². The molecule has 1 heterocycles. The zero-order valence-electron chi connectivity index (χ0n) is 15.4. The molecule has 1 aromatic carbocycles. The summed E-state index contributed by atoms with van der Waals surface area (Å²) < 4.78 is 0. The van der Waals surface area contributed by atoms with Crippen molar-refractivity contribution in [1.29, 1.82) is 0 Å². The van der Waals surface area contributed by atoms with Crippen molar-refractivity contribution in [2.45, 2.75) is 45.1 Å². The molecule has 1 aliphatic rings. The van der Waals surface area contributed by atoms with Crippen molar-refractivity contribution >= 4 is 17.5 Å². The van der Waals surface area contributed by atoms with E-state index in [1.54, 1.807) is 17.2 Å². The topological polar surface area (TPSA) is 62.3 Å². The first-order valence-corrected chi connectivity index (χ1v) is 9.20. The number of pyridine rings is 1. The van der Waals surface area contributed by atoms with E-state index in [-0.39, 0.29) is 17.9 Å². The molecule has 2 amide bonds. The quantitative estimate of drug-likeness (QED) is 0.827. The van der Waals surface area contributed by atoms with Crippen LogP contribution in [0.2, 0.25) is 0 Å². The van der Waals surface area contributed by atoms with Crippen LogP contribution in [0.3, 0.4) is 0 Å². The van der Waals surface area contributed by atoms with E-state index in [2.05, 4.69) is 17.2 Å². The standard InChI is InChI=1S/C21H25N3O2/c1-3-4-7-19(16-6-5-12-22-14-16)24(2)21(26)23-17-9-10-18-15(13-17)8-11-20(18)25/h5-6,9-10,12-14,19H,3-4,7-8,11H2,1-2H3,(H,23,26)/t19-/m1/s1. The number of nitrogens with one attached hydrogen (secondary N) is 1. The van der Waals surface area contributed by atoms with Crippen LogP contribution in [-0.2, 0) is 6.42 Å². The maximum absolute atomic E-state index is 12.8. The van der Waals surface area contributed by atoms with Crippen LogP contribution in [0.15, 0.2) is 42.7 Å². The summed E-state index contributed by atoms with van der Waals surface area (Å²) in [7, 11) is 1.82. The van der Waals surface area contributed by atoms with Crippen LogP contribution in [0.1, 0.15) is 60.1 Å². The van der Waals surface area contributed by atoms with Crippen LogP contribution in [0, 0.1) is 0 Å². The molecule has 0 radical (unpaired) electrons. The molecule has 0 unspecified atom stereocenters. The second-order valence-corrected chi connectivity index (χ2v) is 6.78. The number of ketones is 1. The number of Topliss-reactive ketones (excluding diaryl/α,β-unsaturated/α-hetero) is 1. The predicted molar refractivity (Wildman–Crippen MR) is 102 cm³/mol. The molecule has 3 rings (SSSR count). The number of amides is 2. The number of carbonyl (C=O) groups excluding carboxylic acids is 2. The van der Waals surface area contributed by atoms with Crippen molar-refractivity contribution in [2.75, 3.05) is 12.4 Å². The molecule has 0 fully saturated rings. The predicted octanol–water partition coefficient (Wildman–Crippen LogP) is 4.61. The van der Waals surface area contributed by atoms with Crippen LogP contribution in [-0.4, -0.2) is 28.7 Å². The van der Waals surface area contributed by atoms with Gasteiger partial charge in [0.1, 0.15) is 0 Å². The van der Waals surface area contributed by atoms with Crippen molar-refractivity contribution < 1.29 is 9.59 Å². The Bertz CT molecular complexity index is 789. The summed E-state index contributed by atoms with van der Waals surface area (Å²) in [6.07, 6.45) is 7.89. The number of benzene rings is 1. The second-order valence-electron chi connectivity index (χ2n) is 6.78. The van der Waals surface area contributed by atoms with Crippen LogP contribution >= 0.6 is 0 Å². The number of hydrogen-bond donors (Lipinski definition) is 1. The first-order chi connectivity index (χ1) is 12.6. The highest BCUT2D eigenvalue weighted by Gasteiger charge is 2.23. The molecular formula is C21H25N3O2.